The lowest BCUT2D eigenvalue weighted by atomic mass is 10.0. The Morgan fingerprint density at radius 3 is 2.39 bits per heavy atom. The topological polar surface area (TPSA) is 43.4 Å². The molecule has 0 saturated heterocycles. The molecule has 1 aliphatic carbocycles. The number of alkyl halides is 2. The van der Waals surface area contributed by atoms with Crippen molar-refractivity contribution in [2.75, 3.05) is 0 Å². The Balaban J connectivity index is 1.80. The third-order valence-electron chi connectivity index (χ3n) is 4.09. The van der Waals surface area contributed by atoms with Crippen LogP contribution in [0.4, 0.5) is 9.18 Å². The van der Waals surface area contributed by atoms with E-state index in [4.69, 9.17) is 0 Å². The molecule has 2 unspecified atom stereocenters. The van der Waals surface area contributed by atoms with E-state index in [0.717, 1.165) is 16.7 Å². The standard InChI is InChI=1S/C18H17BrFNO2/c19-18(20)10-16(18)15-9-5-4-8-14(15)12-21(17(22)23)11-13-6-2-1-3-7-13/h1-9,16H,10-12H2,(H,22,23)/p-1. The van der Waals surface area contributed by atoms with Gasteiger partial charge in [-0.3, -0.25) is 0 Å². The largest absolute Gasteiger partial charge is 0.530 e. The molecule has 0 spiro atoms. The average molecular weight is 377 g/mol. The van der Waals surface area contributed by atoms with E-state index in [1.807, 2.05) is 54.6 Å². The molecular weight excluding hydrogens is 361 g/mol. The molecule has 0 heterocycles. The zero-order chi connectivity index (χ0) is 16.4. The molecule has 3 rings (SSSR count). The maximum Gasteiger partial charge on any atom is 0.172 e. The molecule has 0 N–H and O–H groups in total. The van der Waals surface area contributed by atoms with Crippen LogP contribution in [-0.2, 0) is 13.1 Å². The molecule has 23 heavy (non-hydrogen) atoms. The van der Waals surface area contributed by atoms with Crippen LogP contribution < -0.4 is 5.11 Å². The van der Waals surface area contributed by atoms with E-state index in [9.17, 15) is 14.3 Å². The van der Waals surface area contributed by atoms with Crippen LogP contribution in [0.5, 0.6) is 0 Å². The summed E-state index contributed by atoms with van der Waals surface area (Å²) in [6.45, 7) is 0.435. The normalized spacial score (nSPS) is 22.6. The Morgan fingerprint density at radius 1 is 1.17 bits per heavy atom. The number of nitrogens with zero attached hydrogens (tertiary/aromatic N) is 1. The molecular formula is C18H16BrFNO2-. The zero-order valence-electron chi connectivity index (χ0n) is 12.4. The van der Waals surface area contributed by atoms with Crippen molar-refractivity contribution in [3.8, 4) is 0 Å². The van der Waals surface area contributed by atoms with Gasteiger partial charge in [0.1, 0.15) is 6.09 Å². The van der Waals surface area contributed by atoms with E-state index in [-0.39, 0.29) is 19.0 Å². The lowest BCUT2D eigenvalue weighted by molar-refractivity contribution is -0.267. The number of rotatable bonds is 5. The Labute approximate surface area is 142 Å². The maximum atomic E-state index is 13.9. The summed E-state index contributed by atoms with van der Waals surface area (Å²) in [4.78, 5) is 12.7. The van der Waals surface area contributed by atoms with Gasteiger partial charge in [-0.15, -0.1) is 0 Å². The molecule has 0 aliphatic heterocycles. The van der Waals surface area contributed by atoms with Crippen molar-refractivity contribution in [1.29, 1.82) is 0 Å². The van der Waals surface area contributed by atoms with Crippen LogP contribution in [0, 0.1) is 0 Å². The SMILES string of the molecule is O=C([O-])N(Cc1ccccc1)Cc1ccccc1C1CC1(F)Br. The number of carbonyl (C=O) groups is 1. The van der Waals surface area contributed by atoms with Crippen LogP contribution >= 0.6 is 15.9 Å². The van der Waals surface area contributed by atoms with Gasteiger partial charge in [0.15, 0.2) is 4.58 Å². The fourth-order valence-electron chi connectivity index (χ4n) is 2.76. The van der Waals surface area contributed by atoms with Gasteiger partial charge >= 0.3 is 0 Å². The Kier molecular flexibility index (Phi) is 4.39. The highest BCUT2D eigenvalue weighted by atomic mass is 79.9. The van der Waals surface area contributed by atoms with Crippen LogP contribution in [0.2, 0.25) is 0 Å². The van der Waals surface area contributed by atoms with Gasteiger partial charge in [0, 0.05) is 25.4 Å². The van der Waals surface area contributed by atoms with Crippen LogP contribution in [0.3, 0.4) is 0 Å². The van der Waals surface area contributed by atoms with Gasteiger partial charge < -0.3 is 14.8 Å². The monoisotopic (exact) mass is 376 g/mol. The van der Waals surface area contributed by atoms with Crippen LogP contribution in [0.15, 0.2) is 54.6 Å². The molecule has 2 aromatic carbocycles. The first-order valence-corrected chi connectivity index (χ1v) is 8.22. The van der Waals surface area contributed by atoms with Crippen molar-refractivity contribution in [1.82, 2.24) is 4.90 Å². The third-order valence-corrected chi connectivity index (χ3v) is 4.97. The number of carbonyl (C=O) groups excluding carboxylic acids is 1. The first-order chi connectivity index (χ1) is 11.0. The Hall–Kier alpha value is -1.88. The van der Waals surface area contributed by atoms with Gasteiger partial charge in [-0.25, -0.2) is 4.39 Å². The highest BCUT2D eigenvalue weighted by Crippen LogP contribution is 2.59. The summed E-state index contributed by atoms with van der Waals surface area (Å²) in [6.07, 6.45) is -0.821. The van der Waals surface area contributed by atoms with Gasteiger partial charge in [-0.2, -0.15) is 0 Å². The fourth-order valence-corrected chi connectivity index (χ4v) is 3.33. The molecule has 2 aromatic rings. The van der Waals surface area contributed by atoms with E-state index in [2.05, 4.69) is 15.9 Å². The zero-order valence-corrected chi connectivity index (χ0v) is 14.0. The van der Waals surface area contributed by atoms with E-state index in [0.29, 0.717) is 6.42 Å². The average Bonchev–Trinajstić information content (AvgIpc) is 3.16. The van der Waals surface area contributed by atoms with E-state index < -0.39 is 10.7 Å². The Morgan fingerprint density at radius 2 is 1.78 bits per heavy atom. The minimum absolute atomic E-state index is 0.187. The second-order valence-corrected chi connectivity index (χ2v) is 7.14. The highest BCUT2D eigenvalue weighted by Gasteiger charge is 2.54. The molecule has 3 nitrogen and oxygen atoms in total. The second-order valence-electron chi connectivity index (χ2n) is 5.82. The van der Waals surface area contributed by atoms with E-state index in [1.54, 1.807) is 0 Å². The van der Waals surface area contributed by atoms with Gasteiger partial charge in [0.05, 0.1) is 0 Å². The number of amides is 1. The van der Waals surface area contributed by atoms with Crippen molar-refractivity contribution in [3.05, 3.63) is 71.3 Å². The maximum absolute atomic E-state index is 13.9. The van der Waals surface area contributed by atoms with Crippen molar-refractivity contribution in [3.63, 3.8) is 0 Å². The summed E-state index contributed by atoms with van der Waals surface area (Å²) in [7, 11) is 0. The fraction of sp³-hybridized carbons (Fsp3) is 0.278. The summed E-state index contributed by atoms with van der Waals surface area (Å²) in [5, 5.41) is 11.5. The summed E-state index contributed by atoms with van der Waals surface area (Å²) in [5.41, 5.74) is 2.56. The lowest BCUT2D eigenvalue weighted by Crippen LogP contribution is -2.40. The molecule has 0 aromatic heterocycles. The van der Waals surface area contributed by atoms with Crippen molar-refractivity contribution >= 4 is 22.0 Å². The highest BCUT2D eigenvalue weighted by molar-refractivity contribution is 9.10. The quantitative estimate of drug-likeness (QED) is 0.748. The van der Waals surface area contributed by atoms with E-state index in [1.165, 1.54) is 4.90 Å². The van der Waals surface area contributed by atoms with Crippen LogP contribution in [-0.4, -0.2) is 15.6 Å². The predicted octanol–water partition coefficient (Wildman–Crippen LogP) is 3.58. The van der Waals surface area contributed by atoms with Crippen LogP contribution in [0.25, 0.3) is 0 Å². The molecule has 1 amide bonds. The predicted molar refractivity (Wildman–Crippen MR) is 87.7 cm³/mol. The Bertz CT molecular complexity index is 705. The molecule has 0 bridgehead atoms. The molecule has 120 valence electrons. The van der Waals surface area contributed by atoms with Gasteiger partial charge in [-0.1, -0.05) is 54.6 Å². The molecule has 5 heteroatoms. The minimum Gasteiger partial charge on any atom is -0.530 e. The summed E-state index contributed by atoms with van der Waals surface area (Å²) >= 11 is 3.06. The van der Waals surface area contributed by atoms with Crippen molar-refractivity contribution in [2.45, 2.75) is 30.0 Å². The van der Waals surface area contributed by atoms with Gasteiger partial charge in [-0.05, 0) is 32.6 Å². The number of halogens is 2. The van der Waals surface area contributed by atoms with Gasteiger partial charge in [0.25, 0.3) is 0 Å². The number of hydrogen-bond donors (Lipinski definition) is 0. The smallest absolute Gasteiger partial charge is 0.172 e. The summed E-state index contributed by atoms with van der Waals surface area (Å²) in [6, 6.07) is 16.7. The second kappa shape index (κ2) is 6.32. The van der Waals surface area contributed by atoms with Gasteiger partial charge in [0.2, 0.25) is 0 Å². The molecule has 0 radical (unpaired) electrons. The third kappa shape index (κ3) is 3.72. The molecule has 1 fully saturated rings. The van der Waals surface area contributed by atoms with E-state index >= 15 is 0 Å². The minimum atomic E-state index is -1.37. The summed E-state index contributed by atoms with van der Waals surface area (Å²) in [5.74, 6) is -0.223. The molecule has 1 saturated carbocycles. The van der Waals surface area contributed by atoms with Crippen LogP contribution in [0.1, 0.15) is 29.0 Å². The van der Waals surface area contributed by atoms with Crippen molar-refractivity contribution < 1.29 is 14.3 Å². The molecule has 1 aliphatic rings. The molecule has 2 atom stereocenters. The first-order valence-electron chi connectivity index (χ1n) is 7.43. The van der Waals surface area contributed by atoms with Crippen molar-refractivity contribution in [2.24, 2.45) is 0 Å². The summed E-state index contributed by atoms with van der Waals surface area (Å²) < 4.78 is 12.6. The number of benzene rings is 2. The lowest BCUT2D eigenvalue weighted by Gasteiger charge is -2.26. The first kappa shape index (κ1) is 16.0. The number of hydrogen-bond acceptors (Lipinski definition) is 2. The number of carboxylic acid groups (broad SMARTS) is 1.